The molecule has 0 atom stereocenters. The molecule has 192 valence electrons. The highest BCUT2D eigenvalue weighted by molar-refractivity contribution is 7.70. The fourth-order valence-corrected chi connectivity index (χ4v) is 4.75. The summed E-state index contributed by atoms with van der Waals surface area (Å²) < 4.78 is 18.4. The van der Waals surface area contributed by atoms with E-state index < -0.39 is 7.14 Å². The van der Waals surface area contributed by atoms with Crippen molar-refractivity contribution >= 4 is 47.0 Å². The molecule has 0 fully saturated rings. The van der Waals surface area contributed by atoms with Gasteiger partial charge in [0, 0.05) is 43.3 Å². The number of nitrogens with zero attached hydrogens (tertiary/aromatic N) is 5. The SMILES string of the molecule is COc1cc(N(C)CCN(C)C)c(N=O)cc1Nc1ncc(C)c(Nc2ccccc2P(C)(C)=O)n1. The van der Waals surface area contributed by atoms with Crippen molar-refractivity contribution in [3.63, 3.8) is 0 Å². The van der Waals surface area contributed by atoms with Crippen LogP contribution in [0, 0.1) is 11.8 Å². The fraction of sp³-hybridized carbons (Fsp3) is 0.360. The van der Waals surface area contributed by atoms with Crippen LogP contribution in [0.5, 0.6) is 5.75 Å². The fourth-order valence-electron chi connectivity index (χ4n) is 3.60. The van der Waals surface area contributed by atoms with E-state index in [0.717, 1.165) is 23.1 Å². The van der Waals surface area contributed by atoms with Gasteiger partial charge in [-0.3, -0.25) is 0 Å². The molecule has 0 aliphatic heterocycles. The van der Waals surface area contributed by atoms with Gasteiger partial charge in [0.1, 0.15) is 24.4 Å². The van der Waals surface area contributed by atoms with Crippen molar-refractivity contribution in [2.75, 3.05) is 70.2 Å². The first-order valence-electron chi connectivity index (χ1n) is 11.5. The van der Waals surface area contributed by atoms with Crippen LogP contribution in [0.15, 0.2) is 47.8 Å². The van der Waals surface area contributed by atoms with E-state index in [4.69, 9.17) is 4.74 Å². The standard InChI is InChI=1S/C25H34N7O3P/c1-17-16-26-25(29-24(17)27-18-10-8-9-11-23(18)36(6,7)34)28-20-14-19(30-33)21(15-22(20)35-5)32(4)13-12-31(2)3/h8-11,14-16H,12-13H2,1-7H3,(H2,26,27,28,29). The number of nitroso groups, excluding NO2 is 1. The second kappa shape index (κ2) is 11.5. The molecule has 0 amide bonds. The third-order valence-electron chi connectivity index (χ3n) is 5.64. The van der Waals surface area contributed by atoms with Crippen molar-refractivity contribution in [1.82, 2.24) is 14.9 Å². The third kappa shape index (κ3) is 6.59. The molecule has 3 rings (SSSR count). The highest BCUT2D eigenvalue weighted by atomic mass is 31.2. The molecule has 0 radical (unpaired) electrons. The van der Waals surface area contributed by atoms with Crippen LogP contribution in [0.2, 0.25) is 0 Å². The van der Waals surface area contributed by atoms with Crippen LogP contribution in [-0.2, 0) is 4.57 Å². The van der Waals surface area contributed by atoms with E-state index in [-0.39, 0.29) is 5.69 Å². The lowest BCUT2D eigenvalue weighted by Gasteiger charge is -2.24. The summed E-state index contributed by atoms with van der Waals surface area (Å²) in [7, 11) is 4.95. The predicted octanol–water partition coefficient (Wildman–Crippen LogP) is 4.92. The van der Waals surface area contributed by atoms with Crippen LogP contribution in [0.4, 0.5) is 34.5 Å². The van der Waals surface area contributed by atoms with Crippen molar-refractivity contribution in [2.45, 2.75) is 6.92 Å². The Morgan fingerprint density at radius 3 is 2.42 bits per heavy atom. The minimum Gasteiger partial charge on any atom is -0.494 e. The zero-order valence-corrected chi connectivity index (χ0v) is 22.8. The van der Waals surface area contributed by atoms with Crippen molar-refractivity contribution in [3.05, 3.63) is 53.1 Å². The van der Waals surface area contributed by atoms with Crippen LogP contribution >= 0.6 is 7.14 Å². The van der Waals surface area contributed by atoms with Gasteiger partial charge in [0.25, 0.3) is 0 Å². The lowest BCUT2D eigenvalue weighted by atomic mass is 10.2. The smallest absolute Gasteiger partial charge is 0.229 e. The van der Waals surface area contributed by atoms with E-state index in [1.165, 1.54) is 0 Å². The summed E-state index contributed by atoms with van der Waals surface area (Å²) in [5.41, 5.74) is 3.01. The molecular weight excluding hydrogens is 477 g/mol. The second-order valence-corrected chi connectivity index (χ2v) is 12.4. The summed E-state index contributed by atoms with van der Waals surface area (Å²) in [6.45, 7) is 6.89. The maximum absolute atomic E-state index is 12.8. The largest absolute Gasteiger partial charge is 0.494 e. The number of aryl methyl sites for hydroxylation is 1. The normalized spacial score (nSPS) is 11.3. The number of nitrogens with one attached hydrogen (secondary N) is 2. The molecule has 0 saturated heterocycles. The zero-order chi connectivity index (χ0) is 26.5. The van der Waals surface area contributed by atoms with Crippen LogP contribution in [-0.4, -0.2) is 69.5 Å². The van der Waals surface area contributed by atoms with Crippen LogP contribution in [0.3, 0.4) is 0 Å². The van der Waals surface area contributed by atoms with Gasteiger partial charge in [-0.25, -0.2) is 4.98 Å². The minimum atomic E-state index is -2.50. The number of hydrogen-bond donors (Lipinski definition) is 2. The summed E-state index contributed by atoms with van der Waals surface area (Å²) >= 11 is 0. The average molecular weight is 512 g/mol. The molecule has 2 aromatic carbocycles. The van der Waals surface area contributed by atoms with Crippen molar-refractivity contribution in [3.8, 4) is 5.75 Å². The van der Waals surface area contributed by atoms with Gasteiger partial charge in [-0.2, -0.15) is 4.98 Å². The Bertz CT molecular complexity index is 1280. The minimum absolute atomic E-state index is 0.278. The Labute approximate surface area is 212 Å². The molecule has 36 heavy (non-hydrogen) atoms. The molecular formula is C25H34N7O3P. The van der Waals surface area contributed by atoms with Gasteiger partial charge in [0.05, 0.1) is 24.2 Å². The van der Waals surface area contributed by atoms with Crippen molar-refractivity contribution in [2.24, 2.45) is 5.18 Å². The molecule has 3 aromatic rings. The predicted molar refractivity (Wildman–Crippen MR) is 149 cm³/mol. The first-order valence-corrected chi connectivity index (χ1v) is 14.1. The quantitative estimate of drug-likeness (QED) is 0.273. The number of ether oxygens (including phenoxy) is 1. The maximum Gasteiger partial charge on any atom is 0.229 e. The van der Waals surface area contributed by atoms with Crippen molar-refractivity contribution < 1.29 is 9.30 Å². The Morgan fingerprint density at radius 1 is 1.06 bits per heavy atom. The van der Waals surface area contributed by atoms with Crippen LogP contribution < -0.4 is 25.6 Å². The molecule has 1 aromatic heterocycles. The van der Waals surface area contributed by atoms with E-state index >= 15 is 0 Å². The monoisotopic (exact) mass is 511 g/mol. The molecule has 2 N–H and O–H groups in total. The zero-order valence-electron chi connectivity index (χ0n) is 21.9. The van der Waals surface area contributed by atoms with Gasteiger partial charge in [-0.05, 0) is 57.7 Å². The lowest BCUT2D eigenvalue weighted by Crippen LogP contribution is -2.28. The first-order chi connectivity index (χ1) is 17.0. The van der Waals surface area contributed by atoms with Gasteiger partial charge >= 0.3 is 0 Å². The summed E-state index contributed by atoms with van der Waals surface area (Å²) in [5, 5.41) is 10.4. The molecule has 0 spiro atoms. The summed E-state index contributed by atoms with van der Waals surface area (Å²) in [6, 6.07) is 10.9. The van der Waals surface area contributed by atoms with Gasteiger partial charge < -0.3 is 29.7 Å². The van der Waals surface area contributed by atoms with Gasteiger partial charge in [0.15, 0.2) is 0 Å². The van der Waals surface area contributed by atoms with E-state index in [0.29, 0.717) is 35.4 Å². The number of hydrogen-bond acceptors (Lipinski definition) is 10. The Hall–Kier alpha value is -3.49. The molecule has 11 heteroatoms. The molecule has 0 aliphatic carbocycles. The van der Waals surface area contributed by atoms with E-state index in [2.05, 4.69) is 30.7 Å². The number of para-hydroxylation sites is 1. The van der Waals surface area contributed by atoms with Crippen LogP contribution in [0.1, 0.15) is 5.56 Å². The summed E-state index contributed by atoms with van der Waals surface area (Å²) in [5.74, 6) is 1.40. The van der Waals surface area contributed by atoms with E-state index in [9.17, 15) is 9.47 Å². The number of benzene rings is 2. The topological polar surface area (TPSA) is 112 Å². The van der Waals surface area contributed by atoms with E-state index in [1.807, 2.05) is 57.2 Å². The summed E-state index contributed by atoms with van der Waals surface area (Å²) in [4.78, 5) is 24.7. The molecule has 10 nitrogen and oxygen atoms in total. The molecule has 1 heterocycles. The van der Waals surface area contributed by atoms with Gasteiger partial charge in [0.2, 0.25) is 5.95 Å². The number of aromatic nitrogens is 2. The first kappa shape index (κ1) is 27.1. The van der Waals surface area contributed by atoms with Gasteiger partial charge in [-0.1, -0.05) is 12.1 Å². The summed E-state index contributed by atoms with van der Waals surface area (Å²) in [6.07, 6.45) is 1.69. The average Bonchev–Trinajstić information content (AvgIpc) is 2.83. The molecule has 0 saturated carbocycles. The Balaban J connectivity index is 1.93. The lowest BCUT2D eigenvalue weighted by molar-refractivity contribution is 0.413. The van der Waals surface area contributed by atoms with Gasteiger partial charge in [-0.15, -0.1) is 4.91 Å². The van der Waals surface area contributed by atoms with Crippen LogP contribution in [0.25, 0.3) is 0 Å². The van der Waals surface area contributed by atoms with E-state index in [1.54, 1.807) is 38.8 Å². The number of likely N-dealkylation sites (N-methyl/N-ethyl adjacent to an activating group) is 2. The maximum atomic E-state index is 12.8. The number of methoxy groups -OCH3 is 1. The molecule has 0 unspecified atom stereocenters. The molecule has 0 aliphatic rings. The second-order valence-electron chi connectivity index (χ2n) is 9.20. The number of rotatable bonds is 11. The highest BCUT2D eigenvalue weighted by Gasteiger charge is 2.18. The number of anilines is 5. The van der Waals surface area contributed by atoms with Crippen molar-refractivity contribution in [1.29, 1.82) is 0 Å². The highest BCUT2D eigenvalue weighted by Crippen LogP contribution is 2.40. The molecule has 0 bridgehead atoms. The Kier molecular flexibility index (Phi) is 8.66. The Morgan fingerprint density at radius 2 is 1.78 bits per heavy atom. The third-order valence-corrected chi connectivity index (χ3v) is 7.19.